The molecule has 1 aliphatic rings. The number of carbonyl (C=O) groups excluding carboxylic acids is 1. The van der Waals surface area contributed by atoms with Gasteiger partial charge < -0.3 is 14.8 Å². The maximum Gasteiger partial charge on any atom is 0.255 e. The number of alkyl halides is 1. The molecule has 1 aromatic carbocycles. The molecule has 1 aromatic rings. The van der Waals surface area contributed by atoms with Gasteiger partial charge in [0.1, 0.15) is 11.5 Å². The summed E-state index contributed by atoms with van der Waals surface area (Å²) < 4.78 is 10.4. The monoisotopic (exact) mass is 297 g/mol. The Hall–Kier alpha value is -1.42. The zero-order valence-electron chi connectivity index (χ0n) is 11.8. The molecule has 0 bridgehead atoms. The maximum absolute atomic E-state index is 12.3. The van der Waals surface area contributed by atoms with Crippen molar-refractivity contribution in [2.75, 3.05) is 14.2 Å². The second kappa shape index (κ2) is 6.84. The van der Waals surface area contributed by atoms with Gasteiger partial charge in [-0.05, 0) is 37.8 Å². The van der Waals surface area contributed by atoms with Gasteiger partial charge in [-0.25, -0.2) is 0 Å². The number of ether oxygens (including phenoxy) is 2. The highest BCUT2D eigenvalue weighted by atomic mass is 35.5. The van der Waals surface area contributed by atoms with Gasteiger partial charge in [0.2, 0.25) is 0 Å². The molecule has 5 heteroatoms. The number of benzene rings is 1. The van der Waals surface area contributed by atoms with Gasteiger partial charge in [0.15, 0.2) is 0 Å². The number of rotatable bonds is 4. The third-order valence-corrected chi connectivity index (χ3v) is 4.08. The second-order valence-electron chi connectivity index (χ2n) is 4.99. The summed E-state index contributed by atoms with van der Waals surface area (Å²) in [7, 11) is 3.13. The van der Waals surface area contributed by atoms with E-state index < -0.39 is 0 Å². The Labute approximate surface area is 124 Å². The lowest BCUT2D eigenvalue weighted by Gasteiger charge is -2.26. The van der Waals surface area contributed by atoms with Crippen LogP contribution in [0, 0.1) is 0 Å². The van der Waals surface area contributed by atoms with Crippen molar-refractivity contribution < 1.29 is 14.3 Å². The summed E-state index contributed by atoms with van der Waals surface area (Å²) in [5.74, 6) is 1.08. The molecule has 0 saturated heterocycles. The summed E-state index contributed by atoms with van der Waals surface area (Å²) in [6.07, 6.45) is 3.76. The molecule has 20 heavy (non-hydrogen) atoms. The highest BCUT2D eigenvalue weighted by Crippen LogP contribution is 2.26. The van der Waals surface area contributed by atoms with E-state index in [9.17, 15) is 4.79 Å². The van der Waals surface area contributed by atoms with Crippen molar-refractivity contribution in [2.45, 2.75) is 37.1 Å². The highest BCUT2D eigenvalue weighted by molar-refractivity contribution is 6.20. The van der Waals surface area contributed by atoms with Crippen molar-refractivity contribution in [3.05, 3.63) is 23.8 Å². The molecule has 2 rings (SSSR count). The molecule has 1 fully saturated rings. The number of carbonyl (C=O) groups is 1. The van der Waals surface area contributed by atoms with Crippen LogP contribution in [-0.4, -0.2) is 31.5 Å². The lowest BCUT2D eigenvalue weighted by atomic mass is 9.95. The summed E-state index contributed by atoms with van der Waals surface area (Å²) in [5, 5.41) is 3.30. The standard InChI is InChI=1S/C15H20ClNO3/c1-19-12-7-8-13(14(9-12)20-2)15(18)17-11-5-3-10(16)4-6-11/h7-11H,3-6H2,1-2H3,(H,17,18). The van der Waals surface area contributed by atoms with Crippen LogP contribution >= 0.6 is 11.6 Å². The first-order valence-corrected chi connectivity index (χ1v) is 7.24. The normalized spacial score (nSPS) is 22.1. The van der Waals surface area contributed by atoms with Crippen LogP contribution in [-0.2, 0) is 0 Å². The van der Waals surface area contributed by atoms with Crippen LogP contribution < -0.4 is 14.8 Å². The van der Waals surface area contributed by atoms with E-state index in [2.05, 4.69) is 5.32 Å². The maximum atomic E-state index is 12.3. The summed E-state index contributed by atoms with van der Waals surface area (Å²) in [6.45, 7) is 0. The fraction of sp³-hybridized carbons (Fsp3) is 0.533. The lowest BCUT2D eigenvalue weighted by Crippen LogP contribution is -2.37. The molecule has 1 amide bonds. The van der Waals surface area contributed by atoms with Crippen LogP contribution in [0.5, 0.6) is 11.5 Å². The minimum Gasteiger partial charge on any atom is -0.497 e. The molecule has 0 aliphatic heterocycles. The van der Waals surface area contributed by atoms with Crippen LogP contribution in [0.1, 0.15) is 36.0 Å². The largest absolute Gasteiger partial charge is 0.497 e. The topological polar surface area (TPSA) is 47.6 Å². The Morgan fingerprint density at radius 1 is 1.20 bits per heavy atom. The molecule has 110 valence electrons. The number of hydrogen-bond donors (Lipinski definition) is 1. The fourth-order valence-corrected chi connectivity index (χ4v) is 2.70. The summed E-state index contributed by atoms with van der Waals surface area (Å²) >= 11 is 6.07. The smallest absolute Gasteiger partial charge is 0.255 e. The quantitative estimate of drug-likeness (QED) is 0.869. The molecular weight excluding hydrogens is 278 g/mol. The minimum absolute atomic E-state index is 0.109. The molecule has 0 spiro atoms. The Morgan fingerprint density at radius 2 is 1.90 bits per heavy atom. The number of methoxy groups -OCH3 is 2. The van der Waals surface area contributed by atoms with Gasteiger partial charge in [0.25, 0.3) is 5.91 Å². The van der Waals surface area contributed by atoms with E-state index in [1.807, 2.05) is 0 Å². The number of amides is 1. The van der Waals surface area contributed by atoms with E-state index in [1.165, 1.54) is 0 Å². The van der Waals surface area contributed by atoms with Gasteiger partial charge in [0, 0.05) is 17.5 Å². The van der Waals surface area contributed by atoms with Crippen LogP contribution in [0.4, 0.5) is 0 Å². The Bertz CT molecular complexity index is 470. The second-order valence-corrected chi connectivity index (χ2v) is 5.61. The molecule has 0 radical (unpaired) electrons. The SMILES string of the molecule is COc1ccc(C(=O)NC2CCC(Cl)CC2)c(OC)c1. The van der Waals surface area contributed by atoms with Crippen molar-refractivity contribution in [3.63, 3.8) is 0 Å². The summed E-state index contributed by atoms with van der Waals surface area (Å²) in [4.78, 5) is 12.3. The molecule has 1 N–H and O–H groups in total. The van der Waals surface area contributed by atoms with Crippen molar-refractivity contribution in [2.24, 2.45) is 0 Å². The van der Waals surface area contributed by atoms with Crippen LogP contribution in [0.25, 0.3) is 0 Å². The number of hydrogen-bond acceptors (Lipinski definition) is 3. The molecular formula is C15H20ClNO3. The predicted octanol–water partition coefficient (Wildman–Crippen LogP) is 2.98. The van der Waals surface area contributed by atoms with E-state index in [0.29, 0.717) is 17.1 Å². The lowest BCUT2D eigenvalue weighted by molar-refractivity contribution is 0.0925. The fourth-order valence-electron chi connectivity index (χ4n) is 2.45. The van der Waals surface area contributed by atoms with Crippen molar-refractivity contribution in [1.82, 2.24) is 5.32 Å². The zero-order valence-corrected chi connectivity index (χ0v) is 12.6. The van der Waals surface area contributed by atoms with Gasteiger partial charge in [-0.1, -0.05) is 0 Å². The molecule has 1 aliphatic carbocycles. The molecule has 0 atom stereocenters. The van der Waals surface area contributed by atoms with Crippen molar-refractivity contribution in [1.29, 1.82) is 0 Å². The Kier molecular flexibility index (Phi) is 5.12. The predicted molar refractivity (Wildman–Crippen MR) is 78.9 cm³/mol. The van der Waals surface area contributed by atoms with Crippen molar-refractivity contribution in [3.8, 4) is 11.5 Å². The van der Waals surface area contributed by atoms with Crippen LogP contribution in [0.2, 0.25) is 0 Å². The van der Waals surface area contributed by atoms with Gasteiger partial charge >= 0.3 is 0 Å². The van der Waals surface area contributed by atoms with Crippen LogP contribution in [0.15, 0.2) is 18.2 Å². The Balaban J connectivity index is 2.05. The van der Waals surface area contributed by atoms with Crippen molar-refractivity contribution >= 4 is 17.5 Å². The first kappa shape index (κ1) is 15.0. The third-order valence-electron chi connectivity index (χ3n) is 3.65. The van der Waals surface area contributed by atoms with Crippen LogP contribution in [0.3, 0.4) is 0 Å². The van der Waals surface area contributed by atoms with E-state index in [0.717, 1.165) is 25.7 Å². The molecule has 1 saturated carbocycles. The van der Waals surface area contributed by atoms with Gasteiger partial charge in [0.05, 0.1) is 19.8 Å². The molecule has 0 unspecified atom stereocenters. The highest BCUT2D eigenvalue weighted by Gasteiger charge is 2.22. The third kappa shape index (κ3) is 3.57. The first-order valence-electron chi connectivity index (χ1n) is 6.81. The molecule has 4 nitrogen and oxygen atoms in total. The summed E-state index contributed by atoms with van der Waals surface area (Å²) in [5.41, 5.74) is 0.529. The van der Waals surface area contributed by atoms with Gasteiger partial charge in [-0.2, -0.15) is 0 Å². The Morgan fingerprint density at radius 3 is 2.50 bits per heavy atom. The average Bonchev–Trinajstić information content (AvgIpc) is 2.48. The van der Waals surface area contributed by atoms with E-state index in [-0.39, 0.29) is 17.3 Å². The van der Waals surface area contributed by atoms with Gasteiger partial charge in [-0.3, -0.25) is 4.79 Å². The average molecular weight is 298 g/mol. The summed E-state index contributed by atoms with van der Waals surface area (Å²) in [6, 6.07) is 5.39. The minimum atomic E-state index is -0.109. The molecule has 0 heterocycles. The number of halogens is 1. The van der Waals surface area contributed by atoms with E-state index >= 15 is 0 Å². The number of nitrogens with one attached hydrogen (secondary N) is 1. The molecule has 0 aromatic heterocycles. The van der Waals surface area contributed by atoms with E-state index in [1.54, 1.807) is 32.4 Å². The zero-order chi connectivity index (χ0) is 14.5. The van der Waals surface area contributed by atoms with E-state index in [4.69, 9.17) is 21.1 Å². The first-order chi connectivity index (χ1) is 9.63. The van der Waals surface area contributed by atoms with Gasteiger partial charge in [-0.15, -0.1) is 11.6 Å².